The highest BCUT2D eigenvalue weighted by Crippen LogP contribution is 2.42. The average molecular weight is 442 g/mol. The van der Waals surface area contributed by atoms with Crippen LogP contribution in [-0.2, 0) is 4.79 Å². The van der Waals surface area contributed by atoms with Crippen LogP contribution in [0.2, 0.25) is 5.02 Å². The molecule has 1 unspecified atom stereocenters. The molecule has 2 aromatic rings. The maximum atomic E-state index is 12.3. The SMILES string of the molecule is O=C1Nc2ccccc2C1CCCCN1CCN(c2cc(Cl)cc3c2OCCO3)CC1. The first-order valence-electron chi connectivity index (χ1n) is 11.2. The van der Waals surface area contributed by atoms with E-state index in [9.17, 15) is 4.79 Å². The first-order valence-corrected chi connectivity index (χ1v) is 11.5. The minimum absolute atomic E-state index is 0.00396. The zero-order chi connectivity index (χ0) is 21.2. The van der Waals surface area contributed by atoms with Crippen molar-refractivity contribution in [2.45, 2.75) is 25.2 Å². The molecule has 2 aromatic carbocycles. The highest BCUT2D eigenvalue weighted by molar-refractivity contribution is 6.31. The highest BCUT2D eigenvalue weighted by atomic mass is 35.5. The number of nitrogens with zero attached hydrogens (tertiary/aromatic N) is 2. The van der Waals surface area contributed by atoms with Gasteiger partial charge in [0.1, 0.15) is 13.2 Å². The summed E-state index contributed by atoms with van der Waals surface area (Å²) in [5.41, 5.74) is 3.16. The molecule has 1 fully saturated rings. The molecule has 1 amide bonds. The number of rotatable bonds is 6. The molecule has 3 heterocycles. The van der Waals surface area contributed by atoms with Crippen LogP contribution in [0.3, 0.4) is 0 Å². The zero-order valence-corrected chi connectivity index (χ0v) is 18.4. The van der Waals surface area contributed by atoms with E-state index >= 15 is 0 Å². The highest BCUT2D eigenvalue weighted by Gasteiger charge is 2.29. The van der Waals surface area contributed by atoms with Gasteiger partial charge in [-0.05, 0) is 37.1 Å². The maximum Gasteiger partial charge on any atom is 0.232 e. The van der Waals surface area contributed by atoms with Crippen LogP contribution in [0.25, 0.3) is 0 Å². The fraction of sp³-hybridized carbons (Fsp3) is 0.458. The van der Waals surface area contributed by atoms with Gasteiger partial charge in [-0.25, -0.2) is 0 Å². The number of benzene rings is 2. The van der Waals surface area contributed by atoms with Gasteiger partial charge in [-0.2, -0.15) is 0 Å². The van der Waals surface area contributed by atoms with E-state index in [2.05, 4.69) is 21.2 Å². The monoisotopic (exact) mass is 441 g/mol. The van der Waals surface area contributed by atoms with Gasteiger partial charge in [-0.3, -0.25) is 9.69 Å². The third kappa shape index (κ3) is 4.32. The third-order valence-corrected chi connectivity index (χ3v) is 6.65. The van der Waals surface area contributed by atoms with Crippen molar-refractivity contribution in [2.24, 2.45) is 0 Å². The van der Waals surface area contributed by atoms with Gasteiger partial charge < -0.3 is 19.7 Å². The number of hydrogen-bond donors (Lipinski definition) is 1. The second-order valence-corrected chi connectivity index (χ2v) is 8.84. The molecular formula is C24H28ClN3O3. The van der Waals surface area contributed by atoms with Gasteiger partial charge >= 0.3 is 0 Å². The molecule has 31 heavy (non-hydrogen) atoms. The Morgan fingerprint density at radius 3 is 2.71 bits per heavy atom. The van der Waals surface area contributed by atoms with Crippen LogP contribution in [0.5, 0.6) is 11.5 Å². The van der Waals surface area contributed by atoms with E-state index in [-0.39, 0.29) is 11.8 Å². The molecule has 1 saturated heterocycles. The topological polar surface area (TPSA) is 54.0 Å². The molecule has 3 aliphatic rings. The summed E-state index contributed by atoms with van der Waals surface area (Å²) in [6.07, 6.45) is 3.07. The number of carbonyl (C=O) groups is 1. The molecule has 6 nitrogen and oxygen atoms in total. The van der Waals surface area contributed by atoms with Crippen LogP contribution in [0.15, 0.2) is 36.4 Å². The van der Waals surface area contributed by atoms with Gasteiger partial charge in [0.25, 0.3) is 0 Å². The average Bonchev–Trinajstić information content (AvgIpc) is 3.11. The molecule has 1 atom stereocenters. The van der Waals surface area contributed by atoms with Gasteiger partial charge in [0.2, 0.25) is 5.91 Å². The van der Waals surface area contributed by atoms with E-state index in [1.807, 2.05) is 30.3 Å². The standard InChI is InChI=1S/C24H28ClN3O3/c25-17-15-21(23-22(16-17)30-13-14-31-23)28-11-9-27(10-12-28)8-4-3-6-19-18-5-1-2-7-20(18)26-24(19)29/h1-2,5,7,15-16,19H,3-4,6,8-14H2,(H,26,29). The molecule has 0 saturated carbocycles. The Morgan fingerprint density at radius 2 is 1.84 bits per heavy atom. The summed E-state index contributed by atoms with van der Waals surface area (Å²) in [5.74, 6) is 1.71. The first kappa shape index (κ1) is 20.5. The summed E-state index contributed by atoms with van der Waals surface area (Å²) in [5, 5.41) is 3.68. The minimum Gasteiger partial charge on any atom is -0.486 e. The minimum atomic E-state index is 0.00396. The molecule has 1 N–H and O–H groups in total. The molecule has 7 heteroatoms. The van der Waals surface area contributed by atoms with E-state index in [1.54, 1.807) is 0 Å². The van der Waals surface area contributed by atoms with Crippen LogP contribution < -0.4 is 19.7 Å². The first-order chi connectivity index (χ1) is 15.2. The summed E-state index contributed by atoms with van der Waals surface area (Å²) in [4.78, 5) is 17.1. The Kier molecular flexibility index (Phi) is 5.92. The maximum absolute atomic E-state index is 12.3. The lowest BCUT2D eigenvalue weighted by atomic mass is 9.95. The molecule has 0 spiro atoms. The summed E-state index contributed by atoms with van der Waals surface area (Å²) in [7, 11) is 0. The molecule has 0 aromatic heterocycles. The van der Waals surface area contributed by atoms with Crippen molar-refractivity contribution in [3.63, 3.8) is 0 Å². The largest absolute Gasteiger partial charge is 0.486 e. The molecule has 164 valence electrons. The van der Waals surface area contributed by atoms with Crippen LogP contribution in [-0.4, -0.2) is 56.7 Å². The molecule has 0 radical (unpaired) electrons. The Balaban J connectivity index is 1.10. The van der Waals surface area contributed by atoms with Crippen molar-refractivity contribution in [1.29, 1.82) is 0 Å². The van der Waals surface area contributed by atoms with Crippen molar-refractivity contribution in [2.75, 3.05) is 56.2 Å². The Labute approximate surface area is 188 Å². The fourth-order valence-corrected chi connectivity index (χ4v) is 5.00. The molecule has 0 aliphatic carbocycles. The number of para-hydroxylation sites is 1. The van der Waals surface area contributed by atoms with Crippen molar-refractivity contribution >= 4 is 28.9 Å². The zero-order valence-electron chi connectivity index (χ0n) is 17.6. The Hall–Kier alpha value is -2.44. The Morgan fingerprint density at radius 1 is 1.03 bits per heavy atom. The lowest BCUT2D eigenvalue weighted by molar-refractivity contribution is -0.117. The number of amides is 1. The van der Waals surface area contributed by atoms with Gasteiger partial charge in [0.15, 0.2) is 11.5 Å². The van der Waals surface area contributed by atoms with Crippen molar-refractivity contribution in [1.82, 2.24) is 4.90 Å². The number of nitrogens with one attached hydrogen (secondary N) is 1. The second kappa shape index (κ2) is 8.97. The second-order valence-electron chi connectivity index (χ2n) is 8.40. The third-order valence-electron chi connectivity index (χ3n) is 6.43. The Bertz CT molecular complexity index is 959. The molecule has 3 aliphatic heterocycles. The number of anilines is 2. The van der Waals surface area contributed by atoms with E-state index in [4.69, 9.17) is 21.1 Å². The van der Waals surface area contributed by atoms with E-state index < -0.39 is 0 Å². The van der Waals surface area contributed by atoms with E-state index in [0.717, 1.165) is 80.4 Å². The number of unbranched alkanes of at least 4 members (excludes halogenated alkanes) is 1. The summed E-state index contributed by atoms with van der Waals surface area (Å²) >= 11 is 6.31. The van der Waals surface area contributed by atoms with Crippen LogP contribution in [0.4, 0.5) is 11.4 Å². The van der Waals surface area contributed by atoms with Crippen LogP contribution in [0, 0.1) is 0 Å². The van der Waals surface area contributed by atoms with Crippen LogP contribution >= 0.6 is 11.6 Å². The number of halogens is 1. The predicted molar refractivity (Wildman–Crippen MR) is 123 cm³/mol. The number of ether oxygens (including phenoxy) is 2. The summed E-state index contributed by atoms with van der Waals surface area (Å²) < 4.78 is 11.6. The number of piperazine rings is 1. The van der Waals surface area contributed by atoms with Crippen molar-refractivity contribution in [3.8, 4) is 11.5 Å². The lowest BCUT2D eigenvalue weighted by Crippen LogP contribution is -2.46. The normalized spacial score (nSPS) is 20.5. The number of hydrogen-bond acceptors (Lipinski definition) is 5. The molecule has 0 bridgehead atoms. The van der Waals surface area contributed by atoms with Gasteiger partial charge in [-0.15, -0.1) is 0 Å². The summed E-state index contributed by atoms with van der Waals surface area (Å²) in [6, 6.07) is 11.9. The molecular weight excluding hydrogens is 414 g/mol. The number of fused-ring (bicyclic) bond motifs is 2. The molecule has 5 rings (SSSR count). The van der Waals surface area contributed by atoms with Crippen molar-refractivity contribution < 1.29 is 14.3 Å². The van der Waals surface area contributed by atoms with Crippen LogP contribution in [0.1, 0.15) is 30.7 Å². The fourth-order valence-electron chi connectivity index (χ4n) is 4.80. The van der Waals surface area contributed by atoms with E-state index in [0.29, 0.717) is 18.2 Å². The summed E-state index contributed by atoms with van der Waals surface area (Å²) in [6.45, 7) is 6.10. The lowest BCUT2D eigenvalue weighted by Gasteiger charge is -2.37. The van der Waals surface area contributed by atoms with Gasteiger partial charge in [0, 0.05) is 43.0 Å². The number of carbonyl (C=O) groups excluding carboxylic acids is 1. The quantitative estimate of drug-likeness (QED) is 0.683. The van der Waals surface area contributed by atoms with Gasteiger partial charge in [-0.1, -0.05) is 36.2 Å². The van der Waals surface area contributed by atoms with Gasteiger partial charge in [0.05, 0.1) is 11.6 Å². The van der Waals surface area contributed by atoms with Crippen molar-refractivity contribution in [3.05, 3.63) is 47.0 Å². The smallest absolute Gasteiger partial charge is 0.232 e. The van der Waals surface area contributed by atoms with E-state index in [1.165, 1.54) is 0 Å². The predicted octanol–water partition coefficient (Wildman–Crippen LogP) is 4.14.